The first-order valence-electron chi connectivity index (χ1n) is 7.33. The molecule has 0 spiro atoms. The van der Waals surface area contributed by atoms with E-state index in [0.29, 0.717) is 11.8 Å². The molecule has 2 heteroatoms. The molecular weight excluding hydrogens is 222 g/mol. The topological polar surface area (TPSA) is 23.5 Å². The van der Waals surface area contributed by atoms with E-state index in [4.69, 9.17) is 0 Å². The van der Waals surface area contributed by atoms with E-state index in [1.807, 2.05) is 12.1 Å². The maximum absolute atomic E-state index is 10.0. The smallest absolute Gasteiger partial charge is 0.119 e. The summed E-state index contributed by atoms with van der Waals surface area (Å²) < 4.78 is 0. The molecule has 0 amide bonds. The van der Waals surface area contributed by atoms with Gasteiger partial charge in [-0.1, -0.05) is 19.1 Å². The number of fused-ring (bicyclic) bond motifs is 2. The Morgan fingerprint density at radius 1 is 1.33 bits per heavy atom. The van der Waals surface area contributed by atoms with Crippen LogP contribution in [0.25, 0.3) is 0 Å². The lowest BCUT2D eigenvalue weighted by molar-refractivity contribution is 0.0849. The minimum Gasteiger partial charge on any atom is -0.508 e. The Labute approximate surface area is 110 Å². The zero-order chi connectivity index (χ0) is 12.5. The van der Waals surface area contributed by atoms with Crippen molar-refractivity contribution in [2.24, 2.45) is 5.92 Å². The summed E-state index contributed by atoms with van der Waals surface area (Å²) >= 11 is 0. The van der Waals surface area contributed by atoms with E-state index < -0.39 is 0 Å². The van der Waals surface area contributed by atoms with Crippen LogP contribution in [0, 0.1) is 5.92 Å². The van der Waals surface area contributed by atoms with Crippen molar-refractivity contribution >= 4 is 0 Å². The van der Waals surface area contributed by atoms with Crippen LogP contribution >= 0.6 is 0 Å². The molecule has 1 aromatic rings. The van der Waals surface area contributed by atoms with E-state index in [1.165, 1.54) is 43.5 Å². The second-order valence-electron chi connectivity index (χ2n) is 5.83. The number of nitrogens with zero attached hydrogens (tertiary/aromatic N) is 1. The second-order valence-corrected chi connectivity index (χ2v) is 5.83. The lowest BCUT2D eigenvalue weighted by Crippen LogP contribution is -2.49. The fraction of sp³-hybridized carbons (Fsp3) is 0.625. The normalized spacial score (nSPS) is 27.6. The molecule has 1 saturated heterocycles. The van der Waals surface area contributed by atoms with E-state index in [-0.39, 0.29) is 0 Å². The zero-order valence-electron chi connectivity index (χ0n) is 11.2. The van der Waals surface area contributed by atoms with E-state index in [2.05, 4.69) is 17.9 Å². The summed E-state index contributed by atoms with van der Waals surface area (Å²) in [7, 11) is 0. The van der Waals surface area contributed by atoms with Gasteiger partial charge in [0.05, 0.1) is 0 Å². The van der Waals surface area contributed by atoms with Gasteiger partial charge in [0, 0.05) is 6.04 Å². The van der Waals surface area contributed by atoms with Crippen molar-refractivity contribution in [3.05, 3.63) is 29.3 Å². The summed E-state index contributed by atoms with van der Waals surface area (Å²) in [5.41, 5.74) is 2.59. The van der Waals surface area contributed by atoms with Crippen molar-refractivity contribution in [1.29, 1.82) is 0 Å². The lowest BCUT2D eigenvalue weighted by Gasteiger charge is -2.44. The molecule has 0 aromatic heterocycles. The molecule has 1 unspecified atom stereocenters. The molecule has 3 rings (SSSR count). The van der Waals surface area contributed by atoms with Crippen LogP contribution < -0.4 is 0 Å². The molecule has 2 aliphatic rings. The van der Waals surface area contributed by atoms with Crippen LogP contribution in [0.1, 0.15) is 37.3 Å². The summed E-state index contributed by atoms with van der Waals surface area (Å²) in [6.45, 7) is 4.77. The molecule has 2 nitrogen and oxygen atoms in total. The van der Waals surface area contributed by atoms with Gasteiger partial charge in [-0.05, 0) is 68.3 Å². The van der Waals surface area contributed by atoms with Crippen molar-refractivity contribution in [2.75, 3.05) is 13.1 Å². The van der Waals surface area contributed by atoms with E-state index in [0.717, 1.165) is 18.8 Å². The number of likely N-dealkylation sites (tertiary alicyclic amines) is 1. The van der Waals surface area contributed by atoms with E-state index in [1.54, 1.807) is 0 Å². The van der Waals surface area contributed by atoms with Crippen molar-refractivity contribution < 1.29 is 5.11 Å². The largest absolute Gasteiger partial charge is 0.508 e. The second kappa shape index (κ2) is 4.93. The van der Waals surface area contributed by atoms with Gasteiger partial charge in [0.2, 0.25) is 0 Å². The quantitative estimate of drug-likeness (QED) is 0.866. The fourth-order valence-corrected chi connectivity index (χ4v) is 3.85. The summed E-state index contributed by atoms with van der Waals surface area (Å²) in [6, 6.07) is 6.74. The Balaban J connectivity index is 1.88. The number of hydrogen-bond donors (Lipinski definition) is 1. The first-order chi connectivity index (χ1) is 8.79. The van der Waals surface area contributed by atoms with Gasteiger partial charge < -0.3 is 5.11 Å². The molecule has 1 aliphatic carbocycles. The van der Waals surface area contributed by atoms with Crippen LogP contribution in [-0.2, 0) is 12.8 Å². The molecule has 0 bridgehead atoms. The zero-order valence-corrected chi connectivity index (χ0v) is 11.2. The van der Waals surface area contributed by atoms with Crippen LogP contribution in [-0.4, -0.2) is 29.1 Å². The number of hydrogen-bond acceptors (Lipinski definition) is 2. The number of phenolic OH excluding ortho intramolecular Hbond substituents is 1. The SMILES string of the molecule is CCCN1CCCC2Cc3c(O)cccc3C[C@H]21. The third-order valence-electron chi connectivity index (χ3n) is 4.69. The van der Waals surface area contributed by atoms with Crippen LogP contribution in [0.4, 0.5) is 0 Å². The highest BCUT2D eigenvalue weighted by molar-refractivity contribution is 5.42. The summed E-state index contributed by atoms with van der Waals surface area (Å²) in [5.74, 6) is 1.27. The number of benzene rings is 1. The predicted octanol–water partition coefficient (Wildman–Crippen LogP) is 2.98. The molecule has 1 N–H and O–H groups in total. The maximum Gasteiger partial charge on any atom is 0.119 e. The van der Waals surface area contributed by atoms with Gasteiger partial charge in [-0.2, -0.15) is 0 Å². The van der Waals surface area contributed by atoms with Gasteiger partial charge >= 0.3 is 0 Å². The molecule has 1 aliphatic heterocycles. The Bertz CT molecular complexity index is 427. The first kappa shape index (κ1) is 12.0. The van der Waals surface area contributed by atoms with Gasteiger partial charge in [-0.25, -0.2) is 0 Å². The number of piperidine rings is 1. The van der Waals surface area contributed by atoms with Crippen LogP contribution in [0.3, 0.4) is 0 Å². The average Bonchev–Trinajstić information content (AvgIpc) is 2.38. The fourth-order valence-electron chi connectivity index (χ4n) is 3.85. The van der Waals surface area contributed by atoms with Gasteiger partial charge in [-0.3, -0.25) is 4.90 Å². The van der Waals surface area contributed by atoms with Crippen LogP contribution in [0.2, 0.25) is 0 Å². The minimum absolute atomic E-state index is 0.513. The average molecular weight is 245 g/mol. The van der Waals surface area contributed by atoms with Crippen molar-refractivity contribution in [3.63, 3.8) is 0 Å². The molecule has 0 saturated carbocycles. The summed E-state index contributed by atoms with van der Waals surface area (Å²) in [6.07, 6.45) is 6.11. The molecule has 1 heterocycles. The van der Waals surface area contributed by atoms with E-state index in [9.17, 15) is 5.11 Å². The highest BCUT2D eigenvalue weighted by Crippen LogP contribution is 2.38. The summed E-state index contributed by atoms with van der Waals surface area (Å²) in [4.78, 5) is 2.68. The van der Waals surface area contributed by atoms with Crippen molar-refractivity contribution in [2.45, 2.75) is 45.1 Å². The lowest BCUT2D eigenvalue weighted by atomic mass is 9.75. The predicted molar refractivity (Wildman–Crippen MR) is 73.9 cm³/mol. The Morgan fingerprint density at radius 3 is 3.06 bits per heavy atom. The third kappa shape index (κ3) is 2.03. The highest BCUT2D eigenvalue weighted by atomic mass is 16.3. The summed E-state index contributed by atoms with van der Waals surface area (Å²) in [5, 5.41) is 10.0. The third-order valence-corrected chi connectivity index (χ3v) is 4.69. The van der Waals surface area contributed by atoms with Crippen LogP contribution in [0.15, 0.2) is 18.2 Å². The Kier molecular flexibility index (Phi) is 3.29. The maximum atomic E-state index is 10.0. The van der Waals surface area contributed by atoms with Gasteiger partial charge in [-0.15, -0.1) is 0 Å². The molecular formula is C16H23NO. The van der Waals surface area contributed by atoms with Gasteiger partial charge in [0.25, 0.3) is 0 Å². The van der Waals surface area contributed by atoms with Crippen molar-refractivity contribution in [3.8, 4) is 5.75 Å². The molecule has 1 aromatic carbocycles. The molecule has 2 atom stereocenters. The highest BCUT2D eigenvalue weighted by Gasteiger charge is 2.35. The first-order valence-corrected chi connectivity index (χ1v) is 7.33. The van der Waals surface area contributed by atoms with Crippen LogP contribution in [0.5, 0.6) is 5.75 Å². The van der Waals surface area contributed by atoms with E-state index >= 15 is 0 Å². The Morgan fingerprint density at radius 2 is 2.22 bits per heavy atom. The number of aromatic hydroxyl groups is 1. The van der Waals surface area contributed by atoms with Crippen molar-refractivity contribution in [1.82, 2.24) is 4.90 Å². The molecule has 18 heavy (non-hydrogen) atoms. The molecule has 0 radical (unpaired) electrons. The number of phenols is 1. The minimum atomic E-state index is 0.513. The monoisotopic (exact) mass is 245 g/mol. The molecule has 1 fully saturated rings. The standard InChI is InChI=1S/C16H23NO/c1-2-8-17-9-4-6-13-10-14-12(11-15(13)17)5-3-7-16(14)18/h3,5,7,13,15,18H,2,4,6,8-11H2,1H3/t13?,15-/m1/s1. The Hall–Kier alpha value is -1.02. The van der Waals surface area contributed by atoms with Gasteiger partial charge in [0.1, 0.15) is 5.75 Å². The van der Waals surface area contributed by atoms with Gasteiger partial charge in [0.15, 0.2) is 0 Å². The molecule has 98 valence electrons. The number of rotatable bonds is 2.